The lowest BCUT2D eigenvalue weighted by Crippen LogP contribution is -2.52. The van der Waals surface area contributed by atoms with Gasteiger partial charge >= 0.3 is 12.0 Å². The molecule has 2 aromatic heterocycles. The predicted molar refractivity (Wildman–Crippen MR) is 265 cm³/mol. The molecule has 5 heterocycles. The quantitative estimate of drug-likeness (QED) is 0.0283. The minimum absolute atomic E-state index is 0.0239. The molecule has 0 saturated carbocycles. The molecule has 75 heavy (non-hydrogen) atoms. The smallest absolute Gasteiger partial charge is 0.343 e. The SMILES string of the molecule is CC[C@@]1(O)C(=O)OCc2c1cc1n(c2=O)Cc2c-1nc1cc(F)c(C)c3c1c2[C@@H](NC(=O)NCCNC(=O)CNC(=O)C(Cc1ccccc1)NC(=O)CNC(=O)CNC(=O)CCCCCN1C(=O)C=CC1=O)CC3. The summed E-state index contributed by atoms with van der Waals surface area (Å²) in [6.45, 7) is 1.84. The third-order valence-electron chi connectivity index (χ3n) is 13.9. The molecule has 0 bridgehead atoms. The van der Waals surface area contributed by atoms with Gasteiger partial charge in [-0.2, -0.15) is 0 Å². The van der Waals surface area contributed by atoms with Crippen LogP contribution in [0.25, 0.3) is 22.3 Å². The zero-order valence-corrected chi connectivity index (χ0v) is 41.3. The average molecular weight is 1030 g/mol. The van der Waals surface area contributed by atoms with Crippen LogP contribution in [0.4, 0.5) is 9.18 Å². The first-order chi connectivity index (χ1) is 36.0. The van der Waals surface area contributed by atoms with Crippen LogP contribution in [0.2, 0.25) is 0 Å². The van der Waals surface area contributed by atoms with Gasteiger partial charge in [0.15, 0.2) is 5.60 Å². The van der Waals surface area contributed by atoms with Crippen molar-refractivity contribution in [3.05, 3.63) is 110 Å². The molecule has 8 rings (SSSR count). The molecule has 23 heteroatoms. The van der Waals surface area contributed by atoms with E-state index in [2.05, 4.69) is 37.2 Å². The number of halogens is 1. The average Bonchev–Trinajstić information content (AvgIpc) is 3.98. The standard InChI is InChI=1S/C52H57FN10O12/c1-3-52(74)33-21-38-47-31(26-63(38)49(71)32(33)27-75-50(52)72)46-35(14-13-30-28(2)34(53)22-36(60-47)45(30)46)61-51(73)55-18-17-54-40(65)24-58-48(70)37(20-29-10-6-4-7-11-29)59-42(67)25-57-41(66)23-56-39(64)12-8-5-9-19-62-43(68)15-16-44(62)69/h4,6-7,10-11,15-16,21-22,35,37,74H,3,5,8-9,12-14,17-20,23-27H2,1-2H3,(H,54,65)(H,56,64)(H,57,66)(H,58,70)(H,59,67)(H2,55,61,73)/t35-,37?,52-/m0/s1. The number of carbonyl (C=O) groups excluding carboxylic acids is 9. The van der Waals surface area contributed by atoms with E-state index in [-0.39, 0.29) is 75.0 Å². The van der Waals surface area contributed by atoms with E-state index >= 15 is 4.39 Å². The number of nitrogens with one attached hydrogen (secondary N) is 7. The topological polar surface area (TPSA) is 305 Å². The zero-order chi connectivity index (χ0) is 53.6. The largest absolute Gasteiger partial charge is 0.458 e. The molecular formula is C52H57FN10O12. The first-order valence-electron chi connectivity index (χ1n) is 24.8. The summed E-state index contributed by atoms with van der Waals surface area (Å²) in [4.78, 5) is 133. The van der Waals surface area contributed by atoms with E-state index in [9.17, 15) is 53.1 Å². The minimum Gasteiger partial charge on any atom is -0.458 e. The molecule has 1 unspecified atom stereocenters. The molecule has 394 valence electrons. The van der Waals surface area contributed by atoms with Gasteiger partial charge in [0, 0.05) is 67.2 Å². The summed E-state index contributed by atoms with van der Waals surface area (Å²) in [5.41, 5.74) is 1.95. The van der Waals surface area contributed by atoms with Crippen molar-refractivity contribution in [2.45, 2.75) is 96.1 Å². The van der Waals surface area contributed by atoms with Crippen molar-refractivity contribution in [1.82, 2.24) is 51.7 Å². The van der Waals surface area contributed by atoms with Gasteiger partial charge in [-0.15, -0.1) is 0 Å². The summed E-state index contributed by atoms with van der Waals surface area (Å²) >= 11 is 0. The Morgan fingerprint density at radius 2 is 1.53 bits per heavy atom. The number of hydrogen-bond donors (Lipinski definition) is 8. The lowest BCUT2D eigenvalue weighted by molar-refractivity contribution is -0.172. The van der Waals surface area contributed by atoms with E-state index in [4.69, 9.17) is 9.72 Å². The Bertz CT molecular complexity index is 3090. The normalized spacial score (nSPS) is 17.3. The van der Waals surface area contributed by atoms with Gasteiger partial charge in [-0.1, -0.05) is 43.7 Å². The Hall–Kier alpha value is -8.34. The number of aliphatic hydroxyl groups is 1. The number of benzene rings is 2. The number of pyridine rings is 2. The first kappa shape index (κ1) is 53.0. The summed E-state index contributed by atoms with van der Waals surface area (Å²) in [6.07, 6.45) is 4.88. The highest BCUT2D eigenvalue weighted by Gasteiger charge is 2.46. The van der Waals surface area contributed by atoms with Crippen molar-refractivity contribution in [1.29, 1.82) is 0 Å². The number of cyclic esters (lactones) is 1. The summed E-state index contributed by atoms with van der Waals surface area (Å²) in [5, 5.41) is 30.3. The Kier molecular flexibility index (Phi) is 16.1. The molecule has 9 amide bonds. The Morgan fingerprint density at radius 1 is 0.840 bits per heavy atom. The van der Waals surface area contributed by atoms with Gasteiger partial charge in [0.1, 0.15) is 18.5 Å². The number of nitrogens with zero attached hydrogens (tertiary/aromatic N) is 3. The molecule has 0 saturated heterocycles. The second kappa shape index (κ2) is 22.8. The number of rotatable bonds is 21. The number of ether oxygens (including phenoxy) is 1. The maximum atomic E-state index is 15.4. The van der Waals surface area contributed by atoms with Crippen molar-refractivity contribution < 1.29 is 57.4 Å². The third-order valence-corrected chi connectivity index (χ3v) is 13.9. The van der Waals surface area contributed by atoms with Crippen LogP contribution >= 0.6 is 0 Å². The third kappa shape index (κ3) is 11.6. The molecule has 22 nitrogen and oxygen atoms in total. The number of carbonyl (C=O) groups is 9. The van der Waals surface area contributed by atoms with Crippen molar-refractivity contribution in [2.24, 2.45) is 0 Å². The number of aromatic nitrogens is 2. The highest BCUT2D eigenvalue weighted by Crippen LogP contribution is 2.46. The van der Waals surface area contributed by atoms with Gasteiger partial charge in [-0.05, 0) is 67.3 Å². The van der Waals surface area contributed by atoms with Crippen LogP contribution in [0.1, 0.15) is 90.4 Å². The van der Waals surface area contributed by atoms with E-state index in [1.165, 1.54) is 22.8 Å². The van der Waals surface area contributed by atoms with E-state index in [1.54, 1.807) is 50.2 Å². The molecule has 4 aliphatic rings. The second-order valence-corrected chi connectivity index (χ2v) is 18.7. The van der Waals surface area contributed by atoms with Crippen LogP contribution in [0.5, 0.6) is 0 Å². The van der Waals surface area contributed by atoms with Crippen LogP contribution in [0, 0.1) is 12.7 Å². The monoisotopic (exact) mass is 1030 g/mol. The molecule has 0 fully saturated rings. The van der Waals surface area contributed by atoms with Crippen LogP contribution in [0.15, 0.2) is 59.4 Å². The first-order valence-corrected chi connectivity index (χ1v) is 24.8. The summed E-state index contributed by atoms with van der Waals surface area (Å²) < 4.78 is 22.1. The molecule has 3 atom stereocenters. The lowest BCUT2D eigenvalue weighted by atomic mass is 9.81. The van der Waals surface area contributed by atoms with Crippen molar-refractivity contribution in [3.8, 4) is 11.4 Å². The summed E-state index contributed by atoms with van der Waals surface area (Å²) in [7, 11) is 0. The number of amides is 9. The maximum absolute atomic E-state index is 15.4. The van der Waals surface area contributed by atoms with Crippen LogP contribution in [0.3, 0.4) is 0 Å². The predicted octanol–water partition coefficient (Wildman–Crippen LogP) is 0.491. The van der Waals surface area contributed by atoms with Crippen molar-refractivity contribution in [2.75, 3.05) is 39.3 Å². The number of esters is 1. The Balaban J connectivity index is 0.805. The fourth-order valence-electron chi connectivity index (χ4n) is 9.84. The number of fused-ring (bicyclic) bond motifs is 5. The van der Waals surface area contributed by atoms with E-state index in [0.29, 0.717) is 76.6 Å². The summed E-state index contributed by atoms with van der Waals surface area (Å²) in [5.74, 6) is -5.09. The van der Waals surface area contributed by atoms with Gasteiger partial charge in [0.25, 0.3) is 17.4 Å². The molecular weight excluding hydrogens is 976 g/mol. The highest BCUT2D eigenvalue weighted by atomic mass is 19.1. The summed E-state index contributed by atoms with van der Waals surface area (Å²) in [6, 6.07) is 9.34. The molecule has 3 aliphatic heterocycles. The Labute approximate surface area is 428 Å². The zero-order valence-electron chi connectivity index (χ0n) is 41.3. The second-order valence-electron chi connectivity index (χ2n) is 18.7. The molecule has 0 radical (unpaired) electrons. The van der Waals surface area contributed by atoms with Gasteiger partial charge < -0.3 is 51.6 Å². The molecule has 8 N–H and O–H groups in total. The number of urea groups is 1. The van der Waals surface area contributed by atoms with Crippen molar-refractivity contribution >= 4 is 64.3 Å². The number of unbranched alkanes of at least 4 members (excludes halogenated alkanes) is 2. The van der Waals surface area contributed by atoms with Crippen LogP contribution in [-0.4, -0.2) is 118 Å². The van der Waals surface area contributed by atoms with Gasteiger partial charge in [0.2, 0.25) is 29.5 Å². The van der Waals surface area contributed by atoms with Gasteiger partial charge in [0.05, 0.1) is 54.7 Å². The molecule has 4 aromatic rings. The minimum atomic E-state index is -2.05. The number of imide groups is 1. The molecule has 1 aliphatic carbocycles. The number of aryl methyl sites for hydroxylation is 1. The van der Waals surface area contributed by atoms with Crippen LogP contribution in [-0.2, 0) is 74.7 Å². The Morgan fingerprint density at radius 3 is 2.28 bits per heavy atom. The van der Waals surface area contributed by atoms with Crippen molar-refractivity contribution in [3.63, 3.8) is 0 Å². The van der Waals surface area contributed by atoms with Gasteiger partial charge in [-0.25, -0.2) is 19.0 Å². The fourth-order valence-corrected chi connectivity index (χ4v) is 9.84. The van der Waals surface area contributed by atoms with E-state index < -0.39 is 90.2 Å². The molecule has 0 spiro atoms. The van der Waals surface area contributed by atoms with E-state index in [0.717, 1.165) is 10.5 Å². The maximum Gasteiger partial charge on any atom is 0.343 e. The number of hydrogen-bond acceptors (Lipinski definition) is 13. The van der Waals surface area contributed by atoms with Gasteiger partial charge in [-0.3, -0.25) is 43.3 Å². The highest BCUT2D eigenvalue weighted by molar-refractivity contribution is 6.12. The van der Waals surface area contributed by atoms with Crippen LogP contribution < -0.4 is 42.8 Å². The fraction of sp³-hybridized carbons (Fsp3) is 0.404. The lowest BCUT2D eigenvalue weighted by Gasteiger charge is -2.31. The van der Waals surface area contributed by atoms with E-state index in [1.807, 2.05) is 0 Å². The molecule has 2 aromatic carbocycles.